The Bertz CT molecular complexity index is 424. The van der Waals surface area contributed by atoms with Gasteiger partial charge >= 0.3 is 0 Å². The SMILES string of the molecule is COc1ccccc1N(C)C1(CN)CCCN(C)C1. The lowest BCUT2D eigenvalue weighted by molar-refractivity contribution is 0.178. The Morgan fingerprint density at radius 1 is 1.42 bits per heavy atom. The molecular weight excluding hydrogens is 238 g/mol. The minimum Gasteiger partial charge on any atom is -0.495 e. The molecule has 1 heterocycles. The molecule has 1 unspecified atom stereocenters. The summed E-state index contributed by atoms with van der Waals surface area (Å²) in [6, 6.07) is 8.15. The van der Waals surface area contributed by atoms with Crippen molar-refractivity contribution in [3.63, 3.8) is 0 Å². The third kappa shape index (κ3) is 2.69. The van der Waals surface area contributed by atoms with Crippen LogP contribution >= 0.6 is 0 Å². The molecule has 0 aromatic heterocycles. The Morgan fingerprint density at radius 2 is 2.16 bits per heavy atom. The van der Waals surface area contributed by atoms with E-state index in [0.717, 1.165) is 30.9 Å². The van der Waals surface area contributed by atoms with Gasteiger partial charge in [-0.15, -0.1) is 0 Å². The molecule has 1 fully saturated rings. The van der Waals surface area contributed by atoms with E-state index in [1.807, 2.05) is 18.2 Å². The number of ether oxygens (including phenoxy) is 1. The van der Waals surface area contributed by atoms with E-state index in [1.54, 1.807) is 7.11 Å². The number of nitrogens with two attached hydrogens (primary N) is 1. The van der Waals surface area contributed by atoms with Gasteiger partial charge in [0.15, 0.2) is 0 Å². The first-order valence-corrected chi connectivity index (χ1v) is 6.88. The fourth-order valence-corrected chi connectivity index (χ4v) is 3.08. The van der Waals surface area contributed by atoms with Gasteiger partial charge in [-0.3, -0.25) is 0 Å². The maximum absolute atomic E-state index is 6.12. The molecule has 0 amide bonds. The number of nitrogens with zero attached hydrogens (tertiary/aromatic N) is 2. The van der Waals surface area contributed by atoms with Gasteiger partial charge in [-0.1, -0.05) is 12.1 Å². The molecule has 1 aromatic rings. The van der Waals surface area contributed by atoms with Gasteiger partial charge in [-0.2, -0.15) is 0 Å². The lowest BCUT2D eigenvalue weighted by atomic mass is 9.87. The van der Waals surface area contributed by atoms with Gasteiger partial charge in [0.2, 0.25) is 0 Å². The van der Waals surface area contributed by atoms with E-state index in [1.165, 1.54) is 6.42 Å². The van der Waals surface area contributed by atoms with Gasteiger partial charge in [0.25, 0.3) is 0 Å². The number of piperidine rings is 1. The summed E-state index contributed by atoms with van der Waals surface area (Å²) in [5.74, 6) is 0.908. The van der Waals surface area contributed by atoms with Crippen molar-refractivity contribution in [2.75, 3.05) is 45.7 Å². The molecule has 0 saturated carbocycles. The second kappa shape index (κ2) is 5.80. The largest absolute Gasteiger partial charge is 0.495 e. The molecule has 0 spiro atoms. The highest BCUT2D eigenvalue weighted by atomic mass is 16.5. The number of methoxy groups -OCH3 is 1. The van der Waals surface area contributed by atoms with Crippen LogP contribution in [0, 0.1) is 0 Å². The van der Waals surface area contributed by atoms with Crippen molar-refractivity contribution in [3.8, 4) is 5.75 Å². The Hall–Kier alpha value is -1.26. The fourth-order valence-electron chi connectivity index (χ4n) is 3.08. The van der Waals surface area contributed by atoms with Gasteiger partial charge in [0.1, 0.15) is 5.75 Å². The fraction of sp³-hybridized carbons (Fsp3) is 0.600. The molecule has 4 nitrogen and oxygen atoms in total. The standard InChI is InChI=1S/C15H25N3O/c1-17-10-6-9-15(11-16,12-17)18(2)13-7-4-5-8-14(13)19-3/h4-5,7-8H,6,9-12,16H2,1-3H3. The molecule has 1 aromatic carbocycles. The summed E-state index contributed by atoms with van der Waals surface area (Å²) < 4.78 is 5.48. The summed E-state index contributed by atoms with van der Waals surface area (Å²) in [5, 5.41) is 0. The molecule has 2 rings (SSSR count). The van der Waals surface area contributed by atoms with E-state index < -0.39 is 0 Å². The molecule has 1 saturated heterocycles. The highest BCUT2D eigenvalue weighted by Crippen LogP contribution is 2.35. The van der Waals surface area contributed by atoms with Crippen molar-refractivity contribution in [1.29, 1.82) is 0 Å². The van der Waals surface area contributed by atoms with Crippen molar-refractivity contribution in [2.24, 2.45) is 5.73 Å². The van der Waals surface area contributed by atoms with Gasteiger partial charge in [-0.25, -0.2) is 0 Å². The number of likely N-dealkylation sites (tertiary alicyclic amines) is 1. The average Bonchev–Trinajstić information content (AvgIpc) is 2.46. The number of hydrogen-bond donors (Lipinski definition) is 1. The van der Waals surface area contributed by atoms with E-state index >= 15 is 0 Å². The average molecular weight is 263 g/mol. The van der Waals surface area contributed by atoms with Crippen LogP contribution in [0.3, 0.4) is 0 Å². The van der Waals surface area contributed by atoms with Crippen LogP contribution in [0.2, 0.25) is 0 Å². The topological polar surface area (TPSA) is 41.7 Å². The molecule has 1 aliphatic rings. The Morgan fingerprint density at radius 3 is 2.79 bits per heavy atom. The van der Waals surface area contributed by atoms with Gasteiger partial charge in [0.05, 0.1) is 18.3 Å². The zero-order valence-electron chi connectivity index (χ0n) is 12.2. The van der Waals surface area contributed by atoms with Crippen LogP contribution in [0.25, 0.3) is 0 Å². The second-order valence-electron chi connectivity index (χ2n) is 5.50. The van der Waals surface area contributed by atoms with E-state index in [2.05, 4.69) is 30.0 Å². The number of anilines is 1. The minimum atomic E-state index is 0.00162. The maximum atomic E-state index is 6.12. The van der Waals surface area contributed by atoms with E-state index in [-0.39, 0.29) is 5.54 Å². The molecule has 19 heavy (non-hydrogen) atoms. The van der Waals surface area contributed by atoms with Crippen molar-refractivity contribution >= 4 is 5.69 Å². The Kier molecular flexibility index (Phi) is 4.32. The van der Waals surface area contributed by atoms with E-state index in [9.17, 15) is 0 Å². The summed E-state index contributed by atoms with van der Waals surface area (Å²) >= 11 is 0. The van der Waals surface area contributed by atoms with Crippen LogP contribution in [0.4, 0.5) is 5.69 Å². The molecule has 0 radical (unpaired) electrons. The molecule has 0 bridgehead atoms. The Balaban J connectivity index is 2.32. The van der Waals surface area contributed by atoms with Crippen molar-refractivity contribution in [1.82, 2.24) is 4.90 Å². The van der Waals surface area contributed by atoms with Crippen molar-refractivity contribution in [3.05, 3.63) is 24.3 Å². The first-order chi connectivity index (χ1) is 9.13. The second-order valence-corrected chi connectivity index (χ2v) is 5.50. The van der Waals surface area contributed by atoms with E-state index in [0.29, 0.717) is 6.54 Å². The monoisotopic (exact) mass is 263 g/mol. The van der Waals surface area contributed by atoms with Gasteiger partial charge in [0, 0.05) is 20.1 Å². The molecule has 0 aliphatic carbocycles. The normalized spacial score (nSPS) is 24.2. The summed E-state index contributed by atoms with van der Waals surface area (Å²) in [6.07, 6.45) is 2.32. The predicted molar refractivity (Wildman–Crippen MR) is 79.9 cm³/mol. The first-order valence-electron chi connectivity index (χ1n) is 6.88. The number of hydrogen-bond acceptors (Lipinski definition) is 4. The Labute approximate surface area is 116 Å². The van der Waals surface area contributed by atoms with Gasteiger partial charge in [-0.05, 0) is 38.6 Å². The van der Waals surface area contributed by atoms with Gasteiger partial charge < -0.3 is 20.3 Å². The first kappa shape index (κ1) is 14.2. The molecule has 1 atom stereocenters. The molecule has 106 valence electrons. The highest BCUT2D eigenvalue weighted by Gasteiger charge is 2.37. The lowest BCUT2D eigenvalue weighted by Crippen LogP contribution is -2.61. The predicted octanol–water partition coefficient (Wildman–Crippen LogP) is 1.55. The number of rotatable bonds is 4. The smallest absolute Gasteiger partial charge is 0.142 e. The summed E-state index contributed by atoms with van der Waals surface area (Å²) in [7, 11) is 6.01. The third-order valence-corrected chi connectivity index (χ3v) is 4.28. The lowest BCUT2D eigenvalue weighted by Gasteiger charge is -2.48. The quantitative estimate of drug-likeness (QED) is 0.895. The minimum absolute atomic E-state index is 0.00162. The van der Waals surface area contributed by atoms with Crippen LogP contribution in [0.5, 0.6) is 5.75 Å². The zero-order valence-corrected chi connectivity index (χ0v) is 12.2. The van der Waals surface area contributed by atoms with Crippen molar-refractivity contribution in [2.45, 2.75) is 18.4 Å². The molecular formula is C15H25N3O. The molecule has 4 heteroatoms. The van der Waals surface area contributed by atoms with Crippen LogP contribution in [0.15, 0.2) is 24.3 Å². The van der Waals surface area contributed by atoms with Crippen LogP contribution < -0.4 is 15.4 Å². The highest BCUT2D eigenvalue weighted by molar-refractivity contribution is 5.60. The molecule has 1 aliphatic heterocycles. The molecule has 2 N–H and O–H groups in total. The summed E-state index contributed by atoms with van der Waals surface area (Å²) in [6.45, 7) is 2.81. The zero-order chi connectivity index (χ0) is 13.9. The van der Waals surface area contributed by atoms with Crippen LogP contribution in [-0.4, -0.2) is 51.3 Å². The number of para-hydroxylation sites is 2. The maximum Gasteiger partial charge on any atom is 0.142 e. The third-order valence-electron chi connectivity index (χ3n) is 4.28. The van der Waals surface area contributed by atoms with E-state index in [4.69, 9.17) is 10.5 Å². The summed E-state index contributed by atoms with van der Waals surface area (Å²) in [5.41, 5.74) is 7.24. The number of benzene rings is 1. The van der Waals surface area contributed by atoms with Crippen molar-refractivity contribution < 1.29 is 4.74 Å². The number of likely N-dealkylation sites (N-methyl/N-ethyl adjacent to an activating group) is 2. The van der Waals surface area contributed by atoms with Crippen LogP contribution in [-0.2, 0) is 0 Å². The van der Waals surface area contributed by atoms with Crippen LogP contribution in [0.1, 0.15) is 12.8 Å². The summed E-state index contributed by atoms with van der Waals surface area (Å²) in [4.78, 5) is 4.67.